The van der Waals surface area contributed by atoms with E-state index in [2.05, 4.69) is 70.6 Å². The van der Waals surface area contributed by atoms with Crippen LogP contribution in [0.5, 0.6) is 0 Å². The molecular weight excluding hydrogens is 456 g/mol. The lowest BCUT2D eigenvalue weighted by molar-refractivity contribution is 0.630. The molecule has 0 fully saturated rings. The molecule has 0 spiro atoms. The Bertz CT molecular complexity index is 1080. The van der Waals surface area contributed by atoms with Gasteiger partial charge in [-0.25, -0.2) is 0 Å². The van der Waals surface area contributed by atoms with Crippen LogP contribution in [0, 0.1) is 0 Å². The molecule has 6 heteroatoms. The second-order valence-electron chi connectivity index (χ2n) is 9.11. The molecule has 0 saturated heterocycles. The highest BCUT2D eigenvalue weighted by molar-refractivity contribution is 7.15. The number of fused-ring (bicyclic) bond motifs is 1. The number of aryl methyl sites for hydroxylation is 2. The zero-order valence-corrected chi connectivity index (χ0v) is 22.2. The van der Waals surface area contributed by atoms with Crippen molar-refractivity contribution in [1.82, 2.24) is 20.4 Å². The summed E-state index contributed by atoms with van der Waals surface area (Å²) in [7, 11) is 0. The second kappa shape index (κ2) is 13.1. The highest BCUT2D eigenvalue weighted by Gasteiger charge is 2.10. The molecule has 0 aliphatic carbocycles. The molecule has 4 aromatic rings. The summed E-state index contributed by atoms with van der Waals surface area (Å²) in [5.41, 5.74) is 2.29. The molecule has 180 valence electrons. The zero-order valence-electron chi connectivity index (χ0n) is 20.6. The van der Waals surface area contributed by atoms with Crippen LogP contribution < -0.4 is 0 Å². The molecule has 0 saturated carbocycles. The average molecular weight is 493 g/mol. The van der Waals surface area contributed by atoms with Crippen molar-refractivity contribution in [1.29, 1.82) is 0 Å². The van der Waals surface area contributed by atoms with Gasteiger partial charge in [-0.2, -0.15) is 0 Å². The minimum Gasteiger partial charge on any atom is -0.143 e. The van der Waals surface area contributed by atoms with Crippen LogP contribution in [0.3, 0.4) is 0 Å². The summed E-state index contributed by atoms with van der Waals surface area (Å²) < 4.78 is 0. The number of nitrogens with zero attached hydrogens (tertiary/aromatic N) is 4. The minimum absolute atomic E-state index is 1.01. The molecule has 0 atom stereocenters. The molecule has 0 aliphatic rings. The highest BCUT2D eigenvalue weighted by atomic mass is 32.1. The first kappa shape index (κ1) is 24.9. The maximum Gasteiger partial charge on any atom is 0.147 e. The maximum atomic E-state index is 4.49. The van der Waals surface area contributed by atoms with Gasteiger partial charge in [0, 0.05) is 24.0 Å². The molecule has 0 unspecified atom stereocenters. The Morgan fingerprint density at radius 1 is 0.529 bits per heavy atom. The topological polar surface area (TPSA) is 51.6 Å². The molecule has 0 amide bonds. The van der Waals surface area contributed by atoms with Gasteiger partial charge in [0.05, 0.1) is 0 Å². The van der Waals surface area contributed by atoms with E-state index < -0.39 is 0 Å². The van der Waals surface area contributed by atoms with Crippen molar-refractivity contribution in [2.24, 2.45) is 0 Å². The fourth-order valence-corrected chi connectivity index (χ4v) is 5.97. The molecule has 2 aromatic carbocycles. The summed E-state index contributed by atoms with van der Waals surface area (Å²) in [6.45, 7) is 4.51. The molecule has 0 bridgehead atoms. The summed E-state index contributed by atoms with van der Waals surface area (Å²) in [4.78, 5) is 0. The maximum absolute atomic E-state index is 4.49. The van der Waals surface area contributed by atoms with Crippen LogP contribution >= 0.6 is 22.7 Å². The molecule has 0 radical (unpaired) electrons. The number of rotatable bonds is 14. The van der Waals surface area contributed by atoms with Crippen molar-refractivity contribution >= 4 is 33.4 Å². The van der Waals surface area contributed by atoms with Crippen LogP contribution in [0.2, 0.25) is 0 Å². The van der Waals surface area contributed by atoms with Gasteiger partial charge in [-0.05, 0) is 35.7 Å². The summed E-state index contributed by atoms with van der Waals surface area (Å²) in [6, 6.07) is 13.2. The first-order valence-corrected chi connectivity index (χ1v) is 14.6. The van der Waals surface area contributed by atoms with Gasteiger partial charge < -0.3 is 0 Å². The van der Waals surface area contributed by atoms with Gasteiger partial charge in [0.15, 0.2) is 0 Å². The van der Waals surface area contributed by atoms with E-state index in [1.54, 1.807) is 22.7 Å². The Morgan fingerprint density at radius 2 is 1.00 bits per heavy atom. The van der Waals surface area contributed by atoms with Gasteiger partial charge in [0.25, 0.3) is 0 Å². The minimum atomic E-state index is 1.01. The Balaban J connectivity index is 1.41. The highest BCUT2D eigenvalue weighted by Crippen LogP contribution is 2.31. The first-order valence-electron chi connectivity index (χ1n) is 13.0. The number of hydrogen-bond donors (Lipinski definition) is 0. The van der Waals surface area contributed by atoms with Crippen molar-refractivity contribution in [2.45, 2.75) is 90.9 Å². The SMILES string of the molecule is CCCCCCCc1nnc(-c2ccc3ccc(-c4nnc(CCCCCCC)s4)cc3c2)s1. The Morgan fingerprint density at radius 3 is 1.47 bits per heavy atom. The van der Waals surface area contributed by atoms with Crippen LogP contribution in [-0.4, -0.2) is 20.4 Å². The van der Waals surface area contributed by atoms with Gasteiger partial charge in [0.1, 0.15) is 20.0 Å². The quantitative estimate of drug-likeness (QED) is 0.165. The molecule has 2 aromatic heterocycles. The van der Waals surface area contributed by atoms with Crippen molar-refractivity contribution < 1.29 is 0 Å². The number of aromatic nitrogens is 4. The Hall–Kier alpha value is -2.18. The van der Waals surface area contributed by atoms with E-state index in [0.717, 1.165) is 44.0 Å². The van der Waals surface area contributed by atoms with E-state index in [0.29, 0.717) is 0 Å². The largest absolute Gasteiger partial charge is 0.147 e. The fourth-order valence-electron chi connectivity index (χ4n) is 4.21. The number of benzene rings is 2. The number of hydrogen-bond acceptors (Lipinski definition) is 6. The standard InChI is InChI=1S/C28H36N4S2/c1-3-5-7-9-11-13-25-29-31-27(33-25)22-17-15-21-16-18-23(20-24(21)19-22)28-32-30-26(34-28)14-12-10-8-6-4-2/h15-20H,3-14H2,1-2H3. The van der Waals surface area contributed by atoms with E-state index in [9.17, 15) is 0 Å². The van der Waals surface area contributed by atoms with Crippen LogP contribution in [0.25, 0.3) is 31.9 Å². The molecule has 4 rings (SSSR count). The fraction of sp³-hybridized carbons (Fsp3) is 0.500. The Kier molecular flexibility index (Phi) is 9.57. The van der Waals surface area contributed by atoms with Crippen LogP contribution in [-0.2, 0) is 12.8 Å². The van der Waals surface area contributed by atoms with Crippen LogP contribution in [0.15, 0.2) is 36.4 Å². The predicted molar refractivity (Wildman–Crippen MR) is 147 cm³/mol. The lowest BCUT2D eigenvalue weighted by Crippen LogP contribution is -1.85. The average Bonchev–Trinajstić information content (AvgIpc) is 3.53. The van der Waals surface area contributed by atoms with E-state index in [1.165, 1.54) is 75.0 Å². The van der Waals surface area contributed by atoms with Gasteiger partial charge >= 0.3 is 0 Å². The molecular formula is C28H36N4S2. The third-order valence-corrected chi connectivity index (χ3v) is 8.32. The third kappa shape index (κ3) is 6.92. The summed E-state index contributed by atoms with van der Waals surface area (Å²) in [5.74, 6) is 0. The molecule has 0 aliphatic heterocycles. The lowest BCUT2D eigenvalue weighted by Gasteiger charge is -2.03. The van der Waals surface area contributed by atoms with E-state index in [-0.39, 0.29) is 0 Å². The monoisotopic (exact) mass is 492 g/mol. The first-order chi connectivity index (χ1) is 16.8. The van der Waals surface area contributed by atoms with Gasteiger partial charge in [0.2, 0.25) is 0 Å². The van der Waals surface area contributed by atoms with Gasteiger partial charge in [-0.1, -0.05) is 112 Å². The molecule has 2 heterocycles. The summed E-state index contributed by atoms with van der Waals surface area (Å²) >= 11 is 3.46. The van der Waals surface area contributed by atoms with E-state index >= 15 is 0 Å². The predicted octanol–water partition coefficient (Wildman–Crippen LogP) is 8.90. The van der Waals surface area contributed by atoms with Gasteiger partial charge in [-0.15, -0.1) is 20.4 Å². The van der Waals surface area contributed by atoms with Crippen LogP contribution in [0.1, 0.15) is 88.1 Å². The third-order valence-electron chi connectivity index (χ3n) is 6.26. The number of unbranched alkanes of at least 4 members (excludes halogenated alkanes) is 8. The second-order valence-corrected chi connectivity index (χ2v) is 11.2. The van der Waals surface area contributed by atoms with E-state index in [4.69, 9.17) is 0 Å². The zero-order chi connectivity index (χ0) is 23.6. The molecule has 0 N–H and O–H groups in total. The van der Waals surface area contributed by atoms with Gasteiger partial charge in [-0.3, -0.25) is 0 Å². The van der Waals surface area contributed by atoms with Crippen molar-refractivity contribution in [3.05, 3.63) is 46.4 Å². The van der Waals surface area contributed by atoms with Crippen molar-refractivity contribution in [3.8, 4) is 21.1 Å². The molecule has 4 nitrogen and oxygen atoms in total. The van der Waals surface area contributed by atoms with Crippen molar-refractivity contribution in [2.75, 3.05) is 0 Å². The molecule has 34 heavy (non-hydrogen) atoms. The summed E-state index contributed by atoms with van der Waals surface area (Å²) in [5, 5.41) is 24.6. The normalized spacial score (nSPS) is 11.5. The smallest absolute Gasteiger partial charge is 0.143 e. The van der Waals surface area contributed by atoms with Crippen LogP contribution in [0.4, 0.5) is 0 Å². The lowest BCUT2D eigenvalue weighted by atomic mass is 10.0. The Labute approximate surface area is 211 Å². The van der Waals surface area contributed by atoms with Crippen molar-refractivity contribution in [3.63, 3.8) is 0 Å². The van der Waals surface area contributed by atoms with E-state index in [1.807, 2.05) is 0 Å². The summed E-state index contributed by atoms with van der Waals surface area (Å²) in [6.07, 6.45) is 14.9.